The number of hydrogen-bond donors (Lipinski definition) is 0. The fraction of sp³-hybridized carbons (Fsp3) is 0.400. The molecule has 2 aliphatic heterocycles. The van der Waals surface area contributed by atoms with Crippen molar-refractivity contribution in [3.8, 4) is 5.75 Å². The van der Waals surface area contributed by atoms with Crippen molar-refractivity contribution in [3.05, 3.63) is 65.9 Å². The highest BCUT2D eigenvalue weighted by atomic mass is 16.5. The molecule has 1 fully saturated rings. The lowest BCUT2D eigenvalue weighted by Crippen LogP contribution is -2.47. The first kappa shape index (κ1) is 20.5. The molecule has 0 aliphatic carbocycles. The van der Waals surface area contributed by atoms with Crippen LogP contribution in [0.25, 0.3) is 0 Å². The summed E-state index contributed by atoms with van der Waals surface area (Å²) in [6.07, 6.45) is 1.86. The van der Waals surface area contributed by atoms with Crippen molar-refractivity contribution in [1.29, 1.82) is 0 Å². The Balaban J connectivity index is 1.37. The summed E-state index contributed by atoms with van der Waals surface area (Å²) in [6.45, 7) is 8.49. The van der Waals surface area contributed by atoms with Crippen LogP contribution in [-0.2, 0) is 10.2 Å². The van der Waals surface area contributed by atoms with Crippen molar-refractivity contribution in [3.63, 3.8) is 0 Å². The summed E-state index contributed by atoms with van der Waals surface area (Å²) in [7, 11) is 3.74. The molecule has 0 amide bonds. The first-order valence-corrected chi connectivity index (χ1v) is 10.6. The number of carbonyl (C=O) groups is 1. The number of hydrogen-bond acceptors (Lipinski definition) is 5. The van der Waals surface area contributed by atoms with Gasteiger partial charge in [0, 0.05) is 61.8 Å². The molecule has 1 saturated heterocycles. The van der Waals surface area contributed by atoms with Crippen molar-refractivity contribution in [2.45, 2.75) is 19.3 Å². The fourth-order valence-electron chi connectivity index (χ4n) is 4.63. The maximum Gasteiger partial charge on any atom is 0.171 e. The molecule has 5 heteroatoms. The van der Waals surface area contributed by atoms with Crippen molar-refractivity contribution >= 4 is 17.2 Å². The van der Waals surface area contributed by atoms with Gasteiger partial charge in [-0.3, -0.25) is 9.69 Å². The highest BCUT2D eigenvalue weighted by Gasteiger charge is 2.38. The van der Waals surface area contributed by atoms with Gasteiger partial charge in [0.2, 0.25) is 0 Å². The topological polar surface area (TPSA) is 36.0 Å². The van der Waals surface area contributed by atoms with E-state index >= 15 is 0 Å². The van der Waals surface area contributed by atoms with Gasteiger partial charge in [-0.1, -0.05) is 32.0 Å². The number of ketones is 1. The molecule has 4 rings (SSSR count). The lowest BCUT2D eigenvalue weighted by atomic mass is 9.83. The Morgan fingerprint density at radius 2 is 1.70 bits per heavy atom. The maximum atomic E-state index is 12.9. The summed E-state index contributed by atoms with van der Waals surface area (Å²) in [5.41, 5.74) is 4.59. The normalized spacial score (nSPS) is 19.8. The van der Waals surface area contributed by atoms with Crippen molar-refractivity contribution in [2.75, 3.05) is 56.7 Å². The Kier molecular flexibility index (Phi) is 5.56. The monoisotopic (exact) mass is 405 g/mol. The molecule has 0 saturated carbocycles. The van der Waals surface area contributed by atoms with E-state index in [0.29, 0.717) is 6.54 Å². The lowest BCUT2D eigenvalue weighted by molar-refractivity contribution is -0.115. The lowest BCUT2D eigenvalue weighted by Gasteiger charge is -2.35. The summed E-state index contributed by atoms with van der Waals surface area (Å²) >= 11 is 0. The van der Waals surface area contributed by atoms with Crippen molar-refractivity contribution < 1.29 is 9.53 Å². The van der Waals surface area contributed by atoms with Gasteiger partial charge in [0.05, 0.1) is 13.7 Å². The number of para-hydroxylation sites is 1. The number of carbonyl (C=O) groups excluding carboxylic acids is 1. The molecule has 2 aromatic carbocycles. The van der Waals surface area contributed by atoms with Crippen LogP contribution in [0.2, 0.25) is 0 Å². The van der Waals surface area contributed by atoms with Crippen molar-refractivity contribution in [2.24, 2.45) is 0 Å². The molecule has 30 heavy (non-hydrogen) atoms. The van der Waals surface area contributed by atoms with E-state index in [4.69, 9.17) is 4.74 Å². The van der Waals surface area contributed by atoms with E-state index in [-0.39, 0.29) is 11.2 Å². The van der Waals surface area contributed by atoms with E-state index in [2.05, 4.69) is 72.0 Å². The van der Waals surface area contributed by atoms with Crippen LogP contribution in [0.4, 0.5) is 11.4 Å². The third-order valence-electron chi connectivity index (χ3n) is 6.43. The zero-order chi connectivity index (χ0) is 21.3. The quantitative estimate of drug-likeness (QED) is 0.709. The van der Waals surface area contributed by atoms with E-state index in [0.717, 1.165) is 37.6 Å². The molecule has 0 spiro atoms. The summed E-state index contributed by atoms with van der Waals surface area (Å²) in [5, 5.41) is 0. The Morgan fingerprint density at radius 1 is 1.03 bits per heavy atom. The van der Waals surface area contributed by atoms with Crippen LogP contribution in [0.3, 0.4) is 0 Å². The van der Waals surface area contributed by atoms with Gasteiger partial charge < -0.3 is 14.5 Å². The van der Waals surface area contributed by atoms with E-state index in [1.807, 2.05) is 18.2 Å². The third kappa shape index (κ3) is 3.82. The third-order valence-corrected chi connectivity index (χ3v) is 6.43. The number of piperazine rings is 1. The van der Waals surface area contributed by atoms with Crippen LogP contribution in [0.15, 0.2) is 60.3 Å². The first-order valence-electron chi connectivity index (χ1n) is 10.6. The van der Waals surface area contributed by atoms with Crippen LogP contribution in [0.5, 0.6) is 5.75 Å². The van der Waals surface area contributed by atoms with Gasteiger partial charge in [0.1, 0.15) is 5.75 Å². The number of rotatable bonds is 5. The van der Waals surface area contributed by atoms with E-state index < -0.39 is 0 Å². The largest absolute Gasteiger partial charge is 0.497 e. The number of likely N-dealkylation sites (N-methyl/N-ethyl adjacent to an activating group) is 1. The number of anilines is 2. The Hall–Kier alpha value is -2.79. The Morgan fingerprint density at radius 3 is 2.33 bits per heavy atom. The first-order chi connectivity index (χ1) is 14.4. The molecular weight excluding hydrogens is 374 g/mol. The SMILES string of the molecule is COc1ccc(N2CCN(CC(=O)/C=C3/N(C)c4ccccc4C3(C)C)CC2)cc1. The number of nitrogens with zero attached hydrogens (tertiary/aromatic N) is 3. The van der Waals surface area contributed by atoms with Gasteiger partial charge in [-0.05, 0) is 35.9 Å². The summed E-state index contributed by atoms with van der Waals surface area (Å²) in [6, 6.07) is 16.6. The Labute approximate surface area is 179 Å². The van der Waals surface area contributed by atoms with Crippen LogP contribution >= 0.6 is 0 Å². The standard InChI is InChI=1S/C25H31N3O2/c1-25(2)22-7-5-6-8-23(22)26(3)24(25)17-20(29)18-27-13-15-28(16-14-27)19-9-11-21(30-4)12-10-19/h5-12,17H,13-16,18H2,1-4H3/b24-17+. The molecule has 5 nitrogen and oxygen atoms in total. The van der Waals surface area contributed by atoms with Crippen LogP contribution in [0, 0.1) is 0 Å². The van der Waals surface area contributed by atoms with Gasteiger partial charge in [0.25, 0.3) is 0 Å². The van der Waals surface area contributed by atoms with Crippen LogP contribution < -0.4 is 14.5 Å². The molecule has 0 radical (unpaired) electrons. The predicted octanol–water partition coefficient (Wildman–Crippen LogP) is 3.70. The second-order valence-corrected chi connectivity index (χ2v) is 8.66. The molecule has 158 valence electrons. The molecule has 2 aromatic rings. The molecule has 0 unspecified atom stereocenters. The van der Waals surface area contributed by atoms with Gasteiger partial charge in [-0.2, -0.15) is 0 Å². The number of allylic oxidation sites excluding steroid dienone is 1. The minimum absolute atomic E-state index is 0.159. The second kappa shape index (κ2) is 8.15. The molecular formula is C25H31N3O2. The van der Waals surface area contributed by atoms with Gasteiger partial charge in [-0.25, -0.2) is 0 Å². The Bertz CT molecular complexity index is 941. The minimum atomic E-state index is -0.159. The molecule has 0 bridgehead atoms. The zero-order valence-electron chi connectivity index (χ0n) is 18.4. The van der Waals surface area contributed by atoms with E-state index in [1.165, 1.54) is 16.9 Å². The molecule has 2 aliphatic rings. The number of benzene rings is 2. The highest BCUT2D eigenvalue weighted by molar-refractivity contribution is 5.94. The average Bonchev–Trinajstić information content (AvgIpc) is 2.95. The smallest absolute Gasteiger partial charge is 0.171 e. The highest BCUT2D eigenvalue weighted by Crippen LogP contribution is 2.46. The maximum absolute atomic E-state index is 12.9. The zero-order valence-corrected chi connectivity index (χ0v) is 18.4. The molecule has 0 aromatic heterocycles. The predicted molar refractivity (Wildman–Crippen MR) is 123 cm³/mol. The number of methoxy groups -OCH3 is 1. The van der Waals surface area contributed by atoms with Gasteiger partial charge in [0.15, 0.2) is 5.78 Å². The molecule has 0 N–H and O–H groups in total. The fourth-order valence-corrected chi connectivity index (χ4v) is 4.63. The molecule has 2 heterocycles. The van der Waals surface area contributed by atoms with Crippen LogP contribution in [-0.4, -0.2) is 57.6 Å². The molecule has 0 atom stereocenters. The second-order valence-electron chi connectivity index (χ2n) is 8.66. The van der Waals surface area contributed by atoms with Gasteiger partial charge in [-0.15, -0.1) is 0 Å². The summed E-state index contributed by atoms with van der Waals surface area (Å²) in [5.74, 6) is 1.05. The number of ether oxygens (including phenoxy) is 1. The van der Waals surface area contributed by atoms with Crippen molar-refractivity contribution in [1.82, 2.24) is 4.90 Å². The minimum Gasteiger partial charge on any atom is -0.497 e. The average molecular weight is 406 g/mol. The summed E-state index contributed by atoms with van der Waals surface area (Å²) in [4.78, 5) is 19.7. The summed E-state index contributed by atoms with van der Waals surface area (Å²) < 4.78 is 5.24. The number of fused-ring (bicyclic) bond motifs is 1. The van der Waals surface area contributed by atoms with E-state index in [1.54, 1.807) is 7.11 Å². The van der Waals surface area contributed by atoms with Gasteiger partial charge >= 0.3 is 0 Å². The van der Waals surface area contributed by atoms with E-state index in [9.17, 15) is 4.79 Å². The van der Waals surface area contributed by atoms with Crippen LogP contribution in [0.1, 0.15) is 19.4 Å².